The molecule has 2 aromatic rings. The quantitative estimate of drug-likeness (QED) is 0.481. The highest BCUT2D eigenvalue weighted by atomic mass is 32.2. The van der Waals surface area contributed by atoms with E-state index in [1.807, 2.05) is 0 Å². The summed E-state index contributed by atoms with van der Waals surface area (Å²) < 4.78 is 53.8. The van der Waals surface area contributed by atoms with Crippen molar-refractivity contribution in [2.24, 2.45) is 11.3 Å². The summed E-state index contributed by atoms with van der Waals surface area (Å²) in [7, 11) is -3.83. The van der Waals surface area contributed by atoms with Crippen molar-refractivity contribution in [3.63, 3.8) is 0 Å². The maximum absolute atomic E-state index is 13.5. The van der Waals surface area contributed by atoms with Crippen molar-refractivity contribution in [1.29, 1.82) is 0 Å². The molecule has 0 aliphatic heterocycles. The first kappa shape index (κ1) is 25.5. The number of sulfone groups is 1. The van der Waals surface area contributed by atoms with E-state index < -0.39 is 21.2 Å². The summed E-state index contributed by atoms with van der Waals surface area (Å²) in [6, 6.07) is 7.72. The smallest absolute Gasteiger partial charge is 0.248 e. The van der Waals surface area contributed by atoms with Crippen LogP contribution in [0.5, 0.6) is 0 Å². The van der Waals surface area contributed by atoms with Crippen LogP contribution in [0.4, 0.5) is 20.2 Å². The van der Waals surface area contributed by atoms with Crippen LogP contribution >= 0.6 is 0 Å². The molecule has 2 fully saturated rings. The summed E-state index contributed by atoms with van der Waals surface area (Å²) in [4.78, 5) is 17.3. The molecular formula is C26H33F2N3O3S. The number of amides is 1. The third-order valence-electron chi connectivity index (χ3n) is 6.71. The third kappa shape index (κ3) is 6.18. The number of carbonyl (C=O) groups excluding carboxylic acids is 1. The summed E-state index contributed by atoms with van der Waals surface area (Å²) in [6.07, 6.45) is 4.13. The minimum Gasteiger partial charge on any atom is -0.383 e. The fourth-order valence-corrected chi connectivity index (χ4v) is 5.46. The van der Waals surface area contributed by atoms with Gasteiger partial charge in [-0.1, -0.05) is 20.8 Å². The molecule has 1 aromatic heterocycles. The van der Waals surface area contributed by atoms with Crippen LogP contribution in [0.15, 0.2) is 46.3 Å². The summed E-state index contributed by atoms with van der Waals surface area (Å²) in [5.41, 5.74) is 1.00. The molecule has 6 nitrogen and oxygen atoms in total. The zero-order valence-electron chi connectivity index (χ0n) is 20.4. The Kier molecular flexibility index (Phi) is 6.92. The van der Waals surface area contributed by atoms with Crippen LogP contribution in [0, 0.1) is 11.3 Å². The maximum Gasteiger partial charge on any atom is 0.248 e. The Morgan fingerprint density at radius 3 is 2.31 bits per heavy atom. The highest BCUT2D eigenvalue weighted by Gasteiger charge is 2.35. The van der Waals surface area contributed by atoms with Crippen molar-refractivity contribution in [2.45, 2.75) is 80.9 Å². The van der Waals surface area contributed by atoms with Crippen molar-refractivity contribution in [3.05, 3.63) is 42.2 Å². The Morgan fingerprint density at radius 2 is 1.69 bits per heavy atom. The van der Waals surface area contributed by atoms with Gasteiger partial charge in [0.1, 0.15) is 0 Å². The molecule has 1 aromatic carbocycles. The zero-order valence-corrected chi connectivity index (χ0v) is 21.2. The number of benzene rings is 1. The standard InChI is InChI=1S/C26H33F2N3O3S/c1-25(2,3)24(32)31-23-15-19(35(33,34)20-10-13-29-22(14-20)18-4-5-18)6-7-21(23)30-16-17-8-11-26(27,28)12-9-17/h6-7,10,13-15,17-18,30H,4-5,8-9,11-12,16H2,1-3H3,(H,31,32). The lowest BCUT2D eigenvalue weighted by atomic mass is 9.87. The lowest BCUT2D eigenvalue weighted by Gasteiger charge is -2.29. The normalized spacial score (nSPS) is 18.8. The number of nitrogens with one attached hydrogen (secondary N) is 2. The lowest BCUT2D eigenvalue weighted by Crippen LogP contribution is -2.29. The molecule has 0 unspecified atom stereocenters. The van der Waals surface area contributed by atoms with E-state index in [2.05, 4.69) is 15.6 Å². The summed E-state index contributed by atoms with van der Waals surface area (Å²) in [5, 5.41) is 6.11. The number of halogens is 2. The van der Waals surface area contributed by atoms with E-state index in [4.69, 9.17) is 0 Å². The number of aromatic nitrogens is 1. The Hall–Kier alpha value is -2.55. The molecule has 2 aliphatic rings. The fourth-order valence-electron chi connectivity index (χ4n) is 4.15. The molecule has 9 heteroatoms. The minimum absolute atomic E-state index is 0.0671. The molecule has 0 radical (unpaired) electrons. The molecule has 0 bridgehead atoms. The zero-order chi connectivity index (χ0) is 25.4. The minimum atomic E-state index is -3.83. The molecule has 1 heterocycles. The molecule has 1 amide bonds. The third-order valence-corrected chi connectivity index (χ3v) is 8.46. The van der Waals surface area contributed by atoms with E-state index in [0.29, 0.717) is 36.7 Å². The van der Waals surface area contributed by atoms with E-state index >= 15 is 0 Å². The average molecular weight is 506 g/mol. The molecule has 0 spiro atoms. The van der Waals surface area contributed by atoms with Gasteiger partial charge in [0, 0.05) is 42.6 Å². The maximum atomic E-state index is 13.5. The Balaban J connectivity index is 1.60. The van der Waals surface area contributed by atoms with Crippen LogP contribution < -0.4 is 10.6 Å². The number of hydrogen-bond acceptors (Lipinski definition) is 5. The molecule has 0 atom stereocenters. The van der Waals surface area contributed by atoms with Crippen LogP contribution in [-0.4, -0.2) is 31.8 Å². The first-order valence-corrected chi connectivity index (χ1v) is 13.6. The molecular weight excluding hydrogens is 472 g/mol. The number of hydrogen-bond donors (Lipinski definition) is 2. The van der Waals surface area contributed by atoms with E-state index in [1.165, 1.54) is 24.4 Å². The average Bonchev–Trinajstić information content (AvgIpc) is 3.64. The van der Waals surface area contributed by atoms with Crippen LogP contribution in [0.3, 0.4) is 0 Å². The molecule has 35 heavy (non-hydrogen) atoms. The predicted molar refractivity (Wildman–Crippen MR) is 132 cm³/mol. The number of rotatable bonds is 7. The molecule has 190 valence electrons. The molecule has 2 N–H and O–H groups in total. The van der Waals surface area contributed by atoms with Crippen LogP contribution in [0.1, 0.15) is 70.9 Å². The van der Waals surface area contributed by atoms with Gasteiger partial charge in [-0.25, -0.2) is 17.2 Å². The van der Waals surface area contributed by atoms with E-state index in [-0.39, 0.29) is 34.5 Å². The van der Waals surface area contributed by atoms with Crippen molar-refractivity contribution >= 4 is 27.1 Å². The van der Waals surface area contributed by atoms with Gasteiger partial charge < -0.3 is 10.6 Å². The largest absolute Gasteiger partial charge is 0.383 e. The van der Waals surface area contributed by atoms with Gasteiger partial charge in [0.15, 0.2) is 0 Å². The van der Waals surface area contributed by atoms with Crippen molar-refractivity contribution in [1.82, 2.24) is 4.98 Å². The number of nitrogens with zero attached hydrogens (tertiary/aromatic N) is 1. The van der Waals surface area contributed by atoms with Gasteiger partial charge in [-0.15, -0.1) is 0 Å². The molecule has 2 saturated carbocycles. The number of pyridine rings is 1. The monoisotopic (exact) mass is 505 g/mol. The Bertz CT molecular complexity index is 1190. The van der Waals surface area contributed by atoms with Gasteiger partial charge in [-0.3, -0.25) is 9.78 Å². The number of anilines is 2. The first-order chi connectivity index (χ1) is 16.3. The summed E-state index contributed by atoms with van der Waals surface area (Å²) in [5.74, 6) is -2.45. The van der Waals surface area contributed by atoms with Gasteiger partial charge in [0.05, 0.1) is 21.2 Å². The second kappa shape index (κ2) is 9.48. The molecule has 2 aliphatic carbocycles. The van der Waals surface area contributed by atoms with Gasteiger partial charge in [-0.05, 0) is 61.9 Å². The van der Waals surface area contributed by atoms with Crippen LogP contribution in [-0.2, 0) is 14.6 Å². The topological polar surface area (TPSA) is 88.2 Å². The van der Waals surface area contributed by atoms with Gasteiger partial charge >= 0.3 is 0 Å². The molecule has 0 saturated heterocycles. The van der Waals surface area contributed by atoms with Crippen molar-refractivity contribution in [3.8, 4) is 0 Å². The van der Waals surface area contributed by atoms with Gasteiger partial charge in [-0.2, -0.15) is 0 Å². The first-order valence-electron chi connectivity index (χ1n) is 12.1. The highest BCUT2D eigenvalue weighted by molar-refractivity contribution is 7.91. The fraction of sp³-hybridized carbons (Fsp3) is 0.538. The number of alkyl halides is 2. The SMILES string of the molecule is CC(C)(C)C(=O)Nc1cc(S(=O)(=O)c2ccnc(C3CC3)c2)ccc1NCC1CCC(F)(F)CC1. The second-order valence-electron chi connectivity index (χ2n) is 10.8. The van der Waals surface area contributed by atoms with E-state index in [1.54, 1.807) is 32.9 Å². The van der Waals surface area contributed by atoms with Gasteiger partial charge in [0.2, 0.25) is 21.7 Å². The van der Waals surface area contributed by atoms with E-state index in [9.17, 15) is 22.0 Å². The predicted octanol–water partition coefficient (Wildman–Crippen LogP) is 6.01. The lowest BCUT2D eigenvalue weighted by molar-refractivity contribution is -0.123. The number of carbonyl (C=O) groups is 1. The Morgan fingerprint density at radius 1 is 1.03 bits per heavy atom. The molecule has 4 rings (SSSR count). The van der Waals surface area contributed by atoms with E-state index in [0.717, 1.165) is 18.5 Å². The highest BCUT2D eigenvalue weighted by Crippen LogP contribution is 2.40. The summed E-state index contributed by atoms with van der Waals surface area (Å²) in [6.45, 7) is 5.79. The van der Waals surface area contributed by atoms with Crippen molar-refractivity contribution < 1.29 is 22.0 Å². The Labute approximate surface area is 205 Å². The van der Waals surface area contributed by atoms with Crippen LogP contribution in [0.2, 0.25) is 0 Å². The summed E-state index contributed by atoms with van der Waals surface area (Å²) >= 11 is 0. The van der Waals surface area contributed by atoms with Crippen LogP contribution in [0.25, 0.3) is 0 Å². The van der Waals surface area contributed by atoms with Crippen molar-refractivity contribution in [2.75, 3.05) is 17.2 Å². The van der Waals surface area contributed by atoms with Gasteiger partial charge in [0.25, 0.3) is 0 Å². The second-order valence-corrected chi connectivity index (χ2v) is 12.7.